The standard InChI is InChI=1S/C18H28N2O2/c1-2-3-4-7-12-22-17-11-10-14(13-16(17)19)18(21)20-15-8-5-6-9-15/h10-11,13,15H,2-9,12,19H2,1H3,(H,20,21). The molecule has 2 rings (SSSR count). The maximum absolute atomic E-state index is 12.2. The van der Waals surface area contributed by atoms with Gasteiger partial charge >= 0.3 is 0 Å². The van der Waals surface area contributed by atoms with Crippen LogP contribution in [0, 0.1) is 0 Å². The number of anilines is 1. The van der Waals surface area contributed by atoms with Gasteiger partial charge in [-0.05, 0) is 37.5 Å². The third kappa shape index (κ3) is 4.93. The zero-order valence-corrected chi connectivity index (χ0v) is 13.6. The lowest BCUT2D eigenvalue weighted by atomic mass is 10.1. The number of benzene rings is 1. The van der Waals surface area contributed by atoms with Crippen LogP contribution in [0.3, 0.4) is 0 Å². The average Bonchev–Trinajstić information content (AvgIpc) is 3.01. The topological polar surface area (TPSA) is 64.3 Å². The van der Waals surface area contributed by atoms with Crippen LogP contribution in [0.1, 0.15) is 68.6 Å². The summed E-state index contributed by atoms with van der Waals surface area (Å²) in [5.41, 5.74) is 7.15. The van der Waals surface area contributed by atoms with Crippen LogP contribution in [0.4, 0.5) is 5.69 Å². The van der Waals surface area contributed by atoms with E-state index in [1.54, 1.807) is 18.2 Å². The van der Waals surface area contributed by atoms with E-state index in [4.69, 9.17) is 10.5 Å². The Kier molecular flexibility index (Phi) is 6.56. The van der Waals surface area contributed by atoms with Gasteiger partial charge < -0.3 is 15.8 Å². The Morgan fingerprint density at radius 3 is 2.73 bits per heavy atom. The van der Waals surface area contributed by atoms with Crippen LogP contribution in [0.2, 0.25) is 0 Å². The van der Waals surface area contributed by atoms with Gasteiger partial charge in [-0.3, -0.25) is 4.79 Å². The van der Waals surface area contributed by atoms with Gasteiger partial charge in [0, 0.05) is 11.6 Å². The Morgan fingerprint density at radius 1 is 1.27 bits per heavy atom. The van der Waals surface area contributed by atoms with Crippen molar-refractivity contribution < 1.29 is 9.53 Å². The fourth-order valence-corrected chi connectivity index (χ4v) is 2.87. The maximum Gasteiger partial charge on any atom is 0.251 e. The molecule has 1 aliphatic rings. The molecule has 0 unspecified atom stereocenters. The summed E-state index contributed by atoms with van der Waals surface area (Å²) in [6.07, 6.45) is 9.25. The lowest BCUT2D eigenvalue weighted by Crippen LogP contribution is -2.32. The van der Waals surface area contributed by atoms with Crippen LogP contribution in [0.15, 0.2) is 18.2 Å². The number of rotatable bonds is 8. The fraction of sp³-hybridized carbons (Fsp3) is 0.611. The molecule has 0 aliphatic heterocycles. The molecule has 122 valence electrons. The van der Waals surface area contributed by atoms with Crippen LogP contribution < -0.4 is 15.8 Å². The zero-order valence-electron chi connectivity index (χ0n) is 13.6. The molecule has 0 spiro atoms. The number of hydrogen-bond acceptors (Lipinski definition) is 3. The van der Waals surface area contributed by atoms with Gasteiger partial charge in [0.2, 0.25) is 0 Å². The summed E-state index contributed by atoms with van der Waals surface area (Å²) in [4.78, 5) is 12.2. The number of unbranched alkanes of at least 4 members (excludes halogenated alkanes) is 3. The van der Waals surface area contributed by atoms with E-state index in [0.717, 1.165) is 19.3 Å². The summed E-state index contributed by atoms with van der Waals surface area (Å²) in [5.74, 6) is 0.641. The van der Waals surface area contributed by atoms with Crippen molar-refractivity contribution in [1.29, 1.82) is 0 Å². The Bertz CT molecular complexity index is 482. The van der Waals surface area contributed by atoms with Gasteiger partial charge in [-0.15, -0.1) is 0 Å². The van der Waals surface area contributed by atoms with Crippen molar-refractivity contribution in [3.63, 3.8) is 0 Å². The molecule has 22 heavy (non-hydrogen) atoms. The van der Waals surface area contributed by atoms with Crippen molar-refractivity contribution in [2.75, 3.05) is 12.3 Å². The molecule has 1 fully saturated rings. The van der Waals surface area contributed by atoms with E-state index in [1.807, 2.05) is 0 Å². The summed E-state index contributed by atoms with van der Waals surface area (Å²) >= 11 is 0. The molecule has 0 atom stereocenters. The lowest BCUT2D eigenvalue weighted by Gasteiger charge is -2.13. The van der Waals surface area contributed by atoms with Gasteiger partial charge in [0.1, 0.15) is 5.75 Å². The zero-order chi connectivity index (χ0) is 15.8. The van der Waals surface area contributed by atoms with E-state index in [1.165, 1.54) is 32.1 Å². The van der Waals surface area contributed by atoms with E-state index in [0.29, 0.717) is 29.6 Å². The molecule has 0 radical (unpaired) electrons. The van der Waals surface area contributed by atoms with Gasteiger partial charge in [-0.1, -0.05) is 39.0 Å². The molecule has 1 amide bonds. The molecular weight excluding hydrogens is 276 g/mol. The van der Waals surface area contributed by atoms with Crippen molar-refractivity contribution in [3.8, 4) is 5.75 Å². The van der Waals surface area contributed by atoms with Gasteiger partial charge in [-0.25, -0.2) is 0 Å². The first kappa shape index (κ1) is 16.7. The summed E-state index contributed by atoms with van der Waals surface area (Å²) in [7, 11) is 0. The normalized spacial score (nSPS) is 15.0. The predicted octanol–water partition coefficient (Wildman–Crippen LogP) is 3.90. The van der Waals surface area contributed by atoms with Crippen molar-refractivity contribution in [2.24, 2.45) is 0 Å². The Balaban J connectivity index is 1.84. The first-order valence-electron chi connectivity index (χ1n) is 8.54. The van der Waals surface area contributed by atoms with E-state index in [-0.39, 0.29) is 5.91 Å². The molecule has 0 heterocycles. The van der Waals surface area contributed by atoms with E-state index >= 15 is 0 Å². The number of nitrogens with two attached hydrogens (primary N) is 1. The maximum atomic E-state index is 12.2. The highest BCUT2D eigenvalue weighted by Crippen LogP contribution is 2.24. The molecule has 1 saturated carbocycles. The molecule has 0 bridgehead atoms. The number of nitrogen functional groups attached to an aromatic ring is 1. The van der Waals surface area contributed by atoms with Gasteiger partial charge in [0.05, 0.1) is 12.3 Å². The predicted molar refractivity (Wildman–Crippen MR) is 90.2 cm³/mol. The minimum atomic E-state index is -0.0342. The minimum Gasteiger partial charge on any atom is -0.491 e. The highest BCUT2D eigenvalue weighted by Gasteiger charge is 2.18. The Morgan fingerprint density at radius 2 is 2.05 bits per heavy atom. The summed E-state index contributed by atoms with van der Waals surface area (Å²) in [5, 5.41) is 3.07. The second kappa shape index (κ2) is 8.66. The molecule has 0 aromatic heterocycles. The molecule has 3 N–H and O–H groups in total. The van der Waals surface area contributed by atoms with Crippen LogP contribution in [0.25, 0.3) is 0 Å². The number of nitrogens with one attached hydrogen (secondary N) is 1. The van der Waals surface area contributed by atoms with Gasteiger partial charge in [0.25, 0.3) is 5.91 Å². The summed E-state index contributed by atoms with van der Waals surface area (Å²) in [6, 6.07) is 5.63. The number of ether oxygens (including phenoxy) is 1. The smallest absolute Gasteiger partial charge is 0.251 e. The molecular formula is C18H28N2O2. The highest BCUT2D eigenvalue weighted by molar-refractivity contribution is 5.95. The van der Waals surface area contributed by atoms with E-state index in [2.05, 4.69) is 12.2 Å². The minimum absolute atomic E-state index is 0.0342. The molecule has 4 heteroatoms. The summed E-state index contributed by atoms with van der Waals surface area (Å²) in [6.45, 7) is 2.87. The molecule has 4 nitrogen and oxygen atoms in total. The SMILES string of the molecule is CCCCCCOc1ccc(C(=O)NC2CCCC2)cc1N. The first-order valence-corrected chi connectivity index (χ1v) is 8.54. The number of hydrogen-bond donors (Lipinski definition) is 2. The number of amides is 1. The summed E-state index contributed by atoms with van der Waals surface area (Å²) < 4.78 is 5.69. The fourth-order valence-electron chi connectivity index (χ4n) is 2.87. The largest absolute Gasteiger partial charge is 0.491 e. The third-order valence-corrected chi connectivity index (χ3v) is 4.22. The lowest BCUT2D eigenvalue weighted by molar-refractivity contribution is 0.0938. The molecule has 1 aliphatic carbocycles. The second-order valence-electron chi connectivity index (χ2n) is 6.12. The molecule has 1 aromatic carbocycles. The first-order chi connectivity index (χ1) is 10.7. The number of carbonyl (C=O) groups is 1. The Labute approximate surface area is 133 Å². The third-order valence-electron chi connectivity index (χ3n) is 4.22. The van der Waals surface area contributed by atoms with Crippen LogP contribution in [-0.2, 0) is 0 Å². The average molecular weight is 304 g/mol. The molecule has 1 aromatic rings. The monoisotopic (exact) mass is 304 g/mol. The van der Waals surface area contributed by atoms with Crippen LogP contribution in [0.5, 0.6) is 5.75 Å². The van der Waals surface area contributed by atoms with Crippen molar-refractivity contribution >= 4 is 11.6 Å². The van der Waals surface area contributed by atoms with Gasteiger partial charge in [0.15, 0.2) is 0 Å². The van der Waals surface area contributed by atoms with Crippen LogP contribution >= 0.6 is 0 Å². The van der Waals surface area contributed by atoms with Crippen molar-refractivity contribution in [2.45, 2.75) is 64.3 Å². The second-order valence-corrected chi connectivity index (χ2v) is 6.12. The highest BCUT2D eigenvalue weighted by atomic mass is 16.5. The van der Waals surface area contributed by atoms with Crippen molar-refractivity contribution in [1.82, 2.24) is 5.32 Å². The van der Waals surface area contributed by atoms with E-state index in [9.17, 15) is 4.79 Å². The quantitative estimate of drug-likeness (QED) is 0.565. The Hall–Kier alpha value is -1.71. The van der Waals surface area contributed by atoms with E-state index < -0.39 is 0 Å². The molecule has 0 saturated heterocycles. The van der Waals surface area contributed by atoms with Crippen LogP contribution in [-0.4, -0.2) is 18.6 Å². The van der Waals surface area contributed by atoms with Gasteiger partial charge in [-0.2, -0.15) is 0 Å². The van der Waals surface area contributed by atoms with Crippen molar-refractivity contribution in [3.05, 3.63) is 23.8 Å². The number of carbonyl (C=O) groups excluding carboxylic acids is 1.